The third-order valence-electron chi connectivity index (χ3n) is 10.7. The standard InChI is InChI=1S/C26H43NO4/c1-16(4-9-23(28)29)20-7-8-21-19-6-5-17-14-18(31-24(30)15-27)10-12-25(17,2)22(19)11-13-26(20,21)3/h16-22H,4-15,27H2,1-3H3,(H,28,29)/t16-,17-,18+,19+,20?,21?,22?,25+,26-/m1/s1. The second-order valence-electron chi connectivity index (χ2n) is 11.9. The number of aliphatic carboxylic acids is 1. The van der Waals surface area contributed by atoms with E-state index in [1.807, 2.05) is 0 Å². The second-order valence-corrected chi connectivity index (χ2v) is 11.9. The van der Waals surface area contributed by atoms with Crippen molar-refractivity contribution in [1.29, 1.82) is 0 Å². The Morgan fingerprint density at radius 3 is 2.45 bits per heavy atom. The summed E-state index contributed by atoms with van der Waals surface area (Å²) in [6, 6.07) is 0. The van der Waals surface area contributed by atoms with Crippen molar-refractivity contribution < 1.29 is 19.4 Å². The van der Waals surface area contributed by atoms with Crippen LogP contribution in [0.2, 0.25) is 0 Å². The van der Waals surface area contributed by atoms with E-state index in [4.69, 9.17) is 15.6 Å². The summed E-state index contributed by atoms with van der Waals surface area (Å²) in [5, 5.41) is 9.14. The maximum atomic E-state index is 11.7. The van der Waals surface area contributed by atoms with Crippen LogP contribution in [0, 0.1) is 46.3 Å². The van der Waals surface area contributed by atoms with Crippen molar-refractivity contribution in [3.63, 3.8) is 0 Å². The maximum Gasteiger partial charge on any atom is 0.319 e. The summed E-state index contributed by atoms with van der Waals surface area (Å²) >= 11 is 0. The highest BCUT2D eigenvalue weighted by Gasteiger charge is 2.60. The highest BCUT2D eigenvalue weighted by Crippen LogP contribution is 2.68. The molecule has 4 aliphatic rings. The van der Waals surface area contributed by atoms with E-state index >= 15 is 0 Å². The van der Waals surface area contributed by atoms with Crippen molar-refractivity contribution >= 4 is 11.9 Å². The number of hydrogen-bond acceptors (Lipinski definition) is 4. The summed E-state index contributed by atoms with van der Waals surface area (Å²) in [6.07, 6.45) is 12.2. The molecule has 3 unspecified atom stereocenters. The summed E-state index contributed by atoms with van der Waals surface area (Å²) in [5.74, 6) is 3.34. The van der Waals surface area contributed by atoms with E-state index in [0.717, 1.165) is 37.0 Å². The average molecular weight is 434 g/mol. The molecule has 4 fully saturated rings. The van der Waals surface area contributed by atoms with Gasteiger partial charge in [0.1, 0.15) is 6.10 Å². The van der Waals surface area contributed by atoms with Gasteiger partial charge in [-0.15, -0.1) is 0 Å². The van der Waals surface area contributed by atoms with Gasteiger partial charge in [-0.05, 0) is 111 Å². The average Bonchev–Trinajstić information content (AvgIpc) is 3.09. The molecule has 5 nitrogen and oxygen atoms in total. The quantitative estimate of drug-likeness (QED) is 0.574. The number of hydrogen-bond donors (Lipinski definition) is 2. The van der Waals surface area contributed by atoms with Crippen LogP contribution in [0.5, 0.6) is 0 Å². The van der Waals surface area contributed by atoms with Crippen LogP contribution in [0.15, 0.2) is 0 Å². The van der Waals surface area contributed by atoms with Crippen molar-refractivity contribution in [1.82, 2.24) is 0 Å². The molecule has 0 heterocycles. The van der Waals surface area contributed by atoms with Crippen molar-refractivity contribution in [3.8, 4) is 0 Å². The molecule has 4 aliphatic carbocycles. The maximum absolute atomic E-state index is 11.7. The Morgan fingerprint density at radius 2 is 1.74 bits per heavy atom. The molecule has 31 heavy (non-hydrogen) atoms. The van der Waals surface area contributed by atoms with E-state index in [-0.39, 0.29) is 18.6 Å². The molecule has 0 spiro atoms. The Bertz CT molecular complexity index is 695. The third-order valence-corrected chi connectivity index (χ3v) is 10.7. The zero-order chi connectivity index (χ0) is 22.4. The Morgan fingerprint density at radius 1 is 1.03 bits per heavy atom. The van der Waals surface area contributed by atoms with Crippen molar-refractivity contribution in [2.24, 2.45) is 52.1 Å². The predicted molar refractivity (Wildman–Crippen MR) is 120 cm³/mol. The van der Waals surface area contributed by atoms with Crippen molar-refractivity contribution in [3.05, 3.63) is 0 Å². The number of ether oxygens (including phenoxy) is 1. The highest BCUT2D eigenvalue weighted by atomic mass is 16.5. The van der Waals surface area contributed by atoms with Crippen LogP contribution >= 0.6 is 0 Å². The Kier molecular flexibility index (Phi) is 6.46. The predicted octanol–water partition coefficient (Wildman–Crippen LogP) is 5.02. The van der Waals surface area contributed by atoms with E-state index in [9.17, 15) is 9.59 Å². The van der Waals surface area contributed by atoms with Gasteiger partial charge in [0.15, 0.2) is 0 Å². The molecule has 9 atom stereocenters. The van der Waals surface area contributed by atoms with E-state index in [1.165, 1.54) is 44.9 Å². The first-order chi connectivity index (χ1) is 14.7. The fourth-order valence-electron chi connectivity index (χ4n) is 9.09. The monoisotopic (exact) mass is 433 g/mol. The summed E-state index contributed by atoms with van der Waals surface area (Å²) in [7, 11) is 0. The Hall–Kier alpha value is -1.10. The SMILES string of the molecule is C[C@H](CCC(=O)O)C1CCC2[C@@H]3CC[C@@H]4C[C@@H](OC(=O)CN)CC[C@]4(C)C3CC[C@@]21C. The lowest BCUT2D eigenvalue weighted by atomic mass is 9.44. The summed E-state index contributed by atoms with van der Waals surface area (Å²) in [6.45, 7) is 7.37. The van der Waals surface area contributed by atoms with Gasteiger partial charge in [0.25, 0.3) is 0 Å². The minimum atomic E-state index is -0.658. The molecule has 0 aliphatic heterocycles. The number of esters is 1. The molecule has 0 bridgehead atoms. The molecule has 4 saturated carbocycles. The lowest BCUT2D eigenvalue weighted by Gasteiger charge is -2.61. The van der Waals surface area contributed by atoms with E-state index in [2.05, 4.69) is 20.8 Å². The first kappa shape index (κ1) is 23.1. The smallest absolute Gasteiger partial charge is 0.319 e. The topological polar surface area (TPSA) is 89.6 Å². The van der Waals surface area contributed by atoms with Gasteiger partial charge in [0.2, 0.25) is 0 Å². The first-order valence-corrected chi connectivity index (χ1v) is 12.8. The van der Waals surface area contributed by atoms with Crippen LogP contribution in [0.25, 0.3) is 0 Å². The van der Waals surface area contributed by atoms with Gasteiger partial charge < -0.3 is 15.6 Å². The number of carboxylic acids is 1. The molecule has 5 heteroatoms. The molecule has 0 radical (unpaired) electrons. The summed E-state index contributed by atoms with van der Waals surface area (Å²) in [4.78, 5) is 22.8. The largest absolute Gasteiger partial charge is 0.481 e. The van der Waals surface area contributed by atoms with E-state index in [0.29, 0.717) is 35.0 Å². The van der Waals surface area contributed by atoms with Crippen LogP contribution in [-0.2, 0) is 14.3 Å². The molecule has 4 rings (SSSR count). The van der Waals surface area contributed by atoms with Crippen LogP contribution in [-0.4, -0.2) is 29.7 Å². The number of fused-ring (bicyclic) bond motifs is 5. The van der Waals surface area contributed by atoms with Gasteiger partial charge in [-0.1, -0.05) is 20.8 Å². The van der Waals surface area contributed by atoms with Crippen molar-refractivity contribution in [2.45, 2.75) is 97.5 Å². The normalized spacial score (nSPS) is 45.2. The number of carboxylic acid groups (broad SMARTS) is 1. The van der Waals surface area contributed by atoms with Gasteiger partial charge in [-0.2, -0.15) is 0 Å². The van der Waals surface area contributed by atoms with Crippen molar-refractivity contribution in [2.75, 3.05) is 6.54 Å². The van der Waals surface area contributed by atoms with Crippen LogP contribution < -0.4 is 5.73 Å². The zero-order valence-corrected chi connectivity index (χ0v) is 19.8. The van der Waals surface area contributed by atoms with Crippen LogP contribution in [0.1, 0.15) is 91.4 Å². The molecule has 176 valence electrons. The molecule has 3 N–H and O–H groups in total. The van der Waals surface area contributed by atoms with Crippen LogP contribution in [0.4, 0.5) is 0 Å². The molecule has 0 amide bonds. The van der Waals surface area contributed by atoms with E-state index in [1.54, 1.807) is 0 Å². The zero-order valence-electron chi connectivity index (χ0n) is 19.8. The molecular formula is C26H43NO4. The first-order valence-electron chi connectivity index (χ1n) is 12.8. The second kappa shape index (κ2) is 8.68. The lowest BCUT2D eigenvalue weighted by molar-refractivity contribution is -0.161. The number of carbonyl (C=O) groups is 2. The number of rotatable bonds is 6. The fourth-order valence-corrected chi connectivity index (χ4v) is 9.09. The molecule has 0 aromatic rings. The Labute approximate surface area is 187 Å². The summed E-state index contributed by atoms with van der Waals surface area (Å²) < 4.78 is 5.63. The number of carbonyl (C=O) groups excluding carboxylic acids is 1. The fraction of sp³-hybridized carbons (Fsp3) is 0.923. The van der Waals surface area contributed by atoms with E-state index < -0.39 is 5.97 Å². The van der Waals surface area contributed by atoms with Gasteiger partial charge >= 0.3 is 11.9 Å². The molecule has 0 saturated heterocycles. The number of nitrogens with two attached hydrogens (primary N) is 1. The third kappa shape index (κ3) is 4.05. The minimum Gasteiger partial charge on any atom is -0.481 e. The molecule has 0 aromatic carbocycles. The van der Waals surface area contributed by atoms with Gasteiger partial charge in [-0.3, -0.25) is 9.59 Å². The minimum absolute atomic E-state index is 0.0184. The molecular weight excluding hydrogens is 390 g/mol. The highest BCUT2D eigenvalue weighted by molar-refractivity contribution is 5.71. The summed E-state index contributed by atoms with van der Waals surface area (Å²) in [5.41, 5.74) is 6.22. The lowest BCUT2D eigenvalue weighted by Crippen LogP contribution is -2.54. The Balaban J connectivity index is 1.45. The molecule has 0 aromatic heterocycles. The van der Waals surface area contributed by atoms with Gasteiger partial charge in [0, 0.05) is 6.42 Å². The van der Waals surface area contributed by atoms with Gasteiger partial charge in [0.05, 0.1) is 6.54 Å². The van der Waals surface area contributed by atoms with Gasteiger partial charge in [-0.25, -0.2) is 0 Å². The van der Waals surface area contributed by atoms with Crippen LogP contribution in [0.3, 0.4) is 0 Å².